The summed E-state index contributed by atoms with van der Waals surface area (Å²) in [6, 6.07) is 2.26. The van der Waals surface area contributed by atoms with Crippen molar-refractivity contribution in [2.24, 2.45) is 0 Å². The number of nitro groups is 1. The van der Waals surface area contributed by atoms with E-state index in [1.807, 2.05) is 0 Å². The van der Waals surface area contributed by atoms with Crippen molar-refractivity contribution in [3.63, 3.8) is 0 Å². The van der Waals surface area contributed by atoms with Crippen LogP contribution in [0.5, 0.6) is 0 Å². The fourth-order valence-corrected chi connectivity index (χ4v) is 2.68. The third-order valence-corrected chi connectivity index (χ3v) is 3.33. The molecule has 0 radical (unpaired) electrons. The molecule has 76 valence electrons. The minimum Gasteiger partial charge on any atom is -0.358 e. The summed E-state index contributed by atoms with van der Waals surface area (Å²) in [5.41, 5.74) is 0. The zero-order chi connectivity index (χ0) is 10.9. The Balaban J connectivity index is 3.44. The smallest absolute Gasteiger partial charge is 0.358 e. The van der Waals surface area contributed by atoms with Gasteiger partial charge in [0.05, 0.1) is 4.47 Å². The molecule has 0 aliphatic carbocycles. The largest absolute Gasteiger partial charge is 0.365 e. The van der Waals surface area contributed by atoms with Crippen molar-refractivity contribution >= 4 is 41.5 Å². The lowest BCUT2D eigenvalue weighted by molar-refractivity contribution is -0.390. The molecule has 6 nitrogen and oxygen atoms in total. The van der Waals surface area contributed by atoms with Gasteiger partial charge in [0, 0.05) is 16.7 Å². The van der Waals surface area contributed by atoms with E-state index in [2.05, 4.69) is 20.9 Å². The van der Waals surface area contributed by atoms with Crippen molar-refractivity contribution in [2.45, 2.75) is 5.03 Å². The number of hydrogen-bond donors (Lipinski definition) is 0. The highest BCUT2D eigenvalue weighted by Crippen LogP contribution is 2.25. The average Bonchev–Trinajstić information content (AvgIpc) is 2.02. The van der Waals surface area contributed by atoms with Gasteiger partial charge in [0.1, 0.15) is 0 Å². The predicted molar refractivity (Wildman–Crippen MR) is 51.6 cm³/mol. The van der Waals surface area contributed by atoms with Crippen LogP contribution >= 0.6 is 26.6 Å². The first-order valence-electron chi connectivity index (χ1n) is 3.08. The summed E-state index contributed by atoms with van der Waals surface area (Å²) in [5.74, 6) is -0.576. The van der Waals surface area contributed by atoms with E-state index >= 15 is 0 Å². The quantitative estimate of drug-likeness (QED) is 0.471. The van der Waals surface area contributed by atoms with Gasteiger partial charge in [-0.1, -0.05) is 0 Å². The van der Waals surface area contributed by atoms with Gasteiger partial charge in [0.25, 0.3) is 5.03 Å². The van der Waals surface area contributed by atoms with Crippen molar-refractivity contribution < 1.29 is 13.3 Å². The molecule has 0 spiro atoms. The van der Waals surface area contributed by atoms with E-state index < -0.39 is 24.8 Å². The molecule has 0 aliphatic rings. The molecule has 0 aliphatic heterocycles. The molecule has 14 heavy (non-hydrogen) atoms. The molecule has 0 amide bonds. The van der Waals surface area contributed by atoms with E-state index in [0.29, 0.717) is 0 Å². The van der Waals surface area contributed by atoms with Crippen LogP contribution in [-0.4, -0.2) is 18.3 Å². The Kier molecular flexibility index (Phi) is 3.07. The molecule has 9 heteroatoms. The third kappa shape index (κ3) is 2.40. The highest BCUT2D eigenvalue weighted by atomic mass is 79.9. The zero-order valence-electron chi connectivity index (χ0n) is 6.35. The zero-order valence-corrected chi connectivity index (χ0v) is 9.50. The Morgan fingerprint density at radius 1 is 1.50 bits per heavy atom. The predicted octanol–water partition coefficient (Wildman–Crippen LogP) is 1.68. The number of hydrogen-bond acceptors (Lipinski definition) is 5. The van der Waals surface area contributed by atoms with Gasteiger partial charge in [-0.3, -0.25) is 0 Å². The summed E-state index contributed by atoms with van der Waals surface area (Å²) in [6.07, 6.45) is 0. The van der Waals surface area contributed by atoms with Gasteiger partial charge in [-0.2, -0.15) is 0 Å². The van der Waals surface area contributed by atoms with Crippen molar-refractivity contribution in [3.05, 3.63) is 26.7 Å². The molecule has 0 fully saturated rings. The first-order chi connectivity index (χ1) is 6.32. The lowest BCUT2D eigenvalue weighted by Gasteiger charge is -1.95. The summed E-state index contributed by atoms with van der Waals surface area (Å²) in [4.78, 5) is 12.8. The molecule has 0 aromatic carbocycles. The van der Waals surface area contributed by atoms with Crippen LogP contribution in [0.1, 0.15) is 0 Å². The van der Waals surface area contributed by atoms with Crippen LogP contribution in [0.2, 0.25) is 0 Å². The highest BCUT2D eigenvalue weighted by molar-refractivity contribution is 9.10. The fraction of sp³-hybridized carbons (Fsp3) is 0. The van der Waals surface area contributed by atoms with Crippen LogP contribution in [0.25, 0.3) is 0 Å². The van der Waals surface area contributed by atoms with Crippen LogP contribution in [0.15, 0.2) is 21.6 Å². The highest BCUT2D eigenvalue weighted by Gasteiger charge is 2.24. The minimum absolute atomic E-state index is 0.0816. The van der Waals surface area contributed by atoms with E-state index in [4.69, 9.17) is 10.7 Å². The second kappa shape index (κ2) is 3.79. The molecule has 0 unspecified atom stereocenters. The SMILES string of the molecule is O=[N+]([O-])c1ccc(Br)c(S(=O)(=O)Cl)n1. The molecule has 0 N–H and O–H groups in total. The Labute approximate surface area is 91.6 Å². The van der Waals surface area contributed by atoms with Gasteiger partial charge in [0.2, 0.25) is 0 Å². The number of aromatic nitrogens is 1. The van der Waals surface area contributed by atoms with Gasteiger partial charge < -0.3 is 10.1 Å². The summed E-state index contributed by atoms with van der Waals surface area (Å²) in [5, 5.41) is 9.72. The minimum atomic E-state index is -4.08. The maximum Gasteiger partial charge on any atom is 0.365 e. The fourth-order valence-electron chi connectivity index (χ4n) is 0.686. The van der Waals surface area contributed by atoms with Gasteiger partial charge >= 0.3 is 14.9 Å². The molecule has 1 heterocycles. The molecule has 1 rings (SSSR count). The lowest BCUT2D eigenvalue weighted by Crippen LogP contribution is -2.00. The standard InChI is InChI=1S/C5H2BrClN2O4S/c6-3-1-2-4(9(10)11)8-5(3)14(7,12)13/h1-2H. The number of rotatable bonds is 2. The summed E-state index contributed by atoms with van der Waals surface area (Å²) in [6.45, 7) is 0. The van der Waals surface area contributed by atoms with E-state index in [0.717, 1.165) is 6.07 Å². The summed E-state index contributed by atoms with van der Waals surface area (Å²) >= 11 is 2.87. The molecule has 1 aromatic heterocycles. The summed E-state index contributed by atoms with van der Waals surface area (Å²) < 4.78 is 21.8. The monoisotopic (exact) mass is 300 g/mol. The van der Waals surface area contributed by atoms with Gasteiger partial charge in [-0.15, -0.1) is 0 Å². The first kappa shape index (κ1) is 11.3. The van der Waals surface area contributed by atoms with Crippen LogP contribution in [-0.2, 0) is 9.05 Å². The van der Waals surface area contributed by atoms with Crippen LogP contribution < -0.4 is 0 Å². The lowest BCUT2D eigenvalue weighted by atomic mass is 10.5. The number of nitrogens with zero attached hydrogens (tertiary/aromatic N) is 2. The maximum atomic E-state index is 10.9. The normalized spacial score (nSPS) is 11.3. The molecule has 0 bridgehead atoms. The van der Waals surface area contributed by atoms with Crippen molar-refractivity contribution in [1.29, 1.82) is 0 Å². The van der Waals surface area contributed by atoms with E-state index in [-0.39, 0.29) is 4.47 Å². The Morgan fingerprint density at radius 3 is 2.50 bits per heavy atom. The Hall–Kier alpha value is -0.730. The molecule has 0 atom stereocenters. The van der Waals surface area contributed by atoms with Crippen molar-refractivity contribution in [3.8, 4) is 0 Å². The van der Waals surface area contributed by atoms with E-state index in [9.17, 15) is 18.5 Å². The molecular formula is C5H2BrClN2O4S. The molecule has 0 saturated carbocycles. The maximum absolute atomic E-state index is 10.9. The molecule has 1 aromatic rings. The Bertz CT molecular complexity index is 489. The van der Waals surface area contributed by atoms with E-state index in [1.54, 1.807) is 0 Å². The molecule has 0 saturated heterocycles. The van der Waals surface area contributed by atoms with Crippen LogP contribution in [0.4, 0.5) is 5.82 Å². The second-order valence-corrected chi connectivity index (χ2v) is 5.49. The van der Waals surface area contributed by atoms with E-state index in [1.165, 1.54) is 6.07 Å². The number of halogens is 2. The van der Waals surface area contributed by atoms with Crippen LogP contribution in [0.3, 0.4) is 0 Å². The Morgan fingerprint density at radius 2 is 2.07 bits per heavy atom. The van der Waals surface area contributed by atoms with Crippen molar-refractivity contribution in [1.82, 2.24) is 4.98 Å². The van der Waals surface area contributed by atoms with Gasteiger partial charge in [0.15, 0.2) is 0 Å². The first-order valence-corrected chi connectivity index (χ1v) is 6.18. The third-order valence-electron chi connectivity index (χ3n) is 1.22. The molecular weight excluding hydrogens is 299 g/mol. The average molecular weight is 302 g/mol. The topological polar surface area (TPSA) is 90.2 Å². The summed E-state index contributed by atoms with van der Waals surface area (Å²) in [7, 11) is 0.918. The second-order valence-electron chi connectivity index (χ2n) is 2.15. The van der Waals surface area contributed by atoms with Crippen LogP contribution in [0, 0.1) is 10.1 Å². The number of pyridine rings is 1. The van der Waals surface area contributed by atoms with Crippen molar-refractivity contribution in [2.75, 3.05) is 0 Å². The van der Waals surface area contributed by atoms with Gasteiger partial charge in [-0.05, 0) is 31.9 Å². The van der Waals surface area contributed by atoms with Gasteiger partial charge in [-0.25, -0.2) is 8.42 Å².